The molecular formula is C23H29NOS2. The molecule has 0 saturated carbocycles. The third-order valence-corrected chi connectivity index (χ3v) is 5.49. The number of anilines is 1. The molecule has 4 heteroatoms. The Hall–Kier alpha value is -1.62. The smallest absolute Gasteiger partial charge is 0.118 e. The molecule has 0 aliphatic heterocycles. The van der Waals surface area contributed by atoms with Gasteiger partial charge in [-0.1, -0.05) is 48.5 Å². The van der Waals surface area contributed by atoms with E-state index in [1.165, 1.54) is 0 Å². The van der Waals surface area contributed by atoms with Crippen LogP contribution in [-0.2, 0) is 4.74 Å². The van der Waals surface area contributed by atoms with Gasteiger partial charge in [-0.2, -0.15) is 0 Å². The van der Waals surface area contributed by atoms with E-state index in [0.717, 1.165) is 59.0 Å². The second kappa shape index (κ2) is 12.0. The molecule has 0 heterocycles. The van der Waals surface area contributed by atoms with Crippen molar-refractivity contribution < 1.29 is 4.74 Å². The first kappa shape index (κ1) is 21.7. The molecule has 0 fully saturated rings. The second-order valence-corrected chi connectivity index (χ2v) is 7.18. The van der Waals surface area contributed by atoms with Crippen molar-refractivity contribution in [2.45, 2.75) is 26.2 Å². The summed E-state index contributed by atoms with van der Waals surface area (Å²) in [7, 11) is 0. The molecule has 0 amide bonds. The number of ether oxygens (including phenoxy) is 1. The van der Waals surface area contributed by atoms with Crippen molar-refractivity contribution in [3.63, 3.8) is 0 Å². The predicted octanol–water partition coefficient (Wildman–Crippen LogP) is 6.53. The Balaban J connectivity index is 1.99. The van der Waals surface area contributed by atoms with Gasteiger partial charge in [0.1, 0.15) is 6.73 Å². The number of unbranched alkanes of at least 4 members (excludes halogenated alkanes) is 2. The van der Waals surface area contributed by atoms with Gasteiger partial charge in [0.25, 0.3) is 0 Å². The van der Waals surface area contributed by atoms with Gasteiger partial charge in [0.2, 0.25) is 0 Å². The molecule has 2 rings (SSSR count). The fourth-order valence-corrected chi connectivity index (χ4v) is 3.27. The number of benzene rings is 2. The van der Waals surface area contributed by atoms with Gasteiger partial charge in [-0.05, 0) is 49.4 Å². The van der Waals surface area contributed by atoms with Crippen molar-refractivity contribution in [3.05, 3.63) is 78.4 Å². The Bertz CT molecular complexity index is 726. The van der Waals surface area contributed by atoms with E-state index in [-0.39, 0.29) is 0 Å². The number of allylic oxidation sites excluding steroid dienone is 1. The van der Waals surface area contributed by atoms with Crippen molar-refractivity contribution in [3.8, 4) is 0 Å². The Morgan fingerprint density at radius 2 is 1.59 bits per heavy atom. The first-order valence-electron chi connectivity index (χ1n) is 9.39. The fraction of sp³-hybridized carbons (Fsp3) is 0.304. The second-order valence-electron chi connectivity index (χ2n) is 6.29. The fourth-order valence-electron chi connectivity index (χ4n) is 2.72. The lowest BCUT2D eigenvalue weighted by Crippen LogP contribution is -2.26. The van der Waals surface area contributed by atoms with E-state index >= 15 is 0 Å². The highest BCUT2D eigenvalue weighted by Gasteiger charge is 2.08. The van der Waals surface area contributed by atoms with Crippen LogP contribution >= 0.6 is 25.3 Å². The first-order chi connectivity index (χ1) is 13.2. The molecule has 0 bridgehead atoms. The zero-order valence-corrected chi connectivity index (χ0v) is 17.8. The number of rotatable bonds is 11. The van der Waals surface area contributed by atoms with Crippen molar-refractivity contribution >= 4 is 40.8 Å². The maximum Gasteiger partial charge on any atom is 0.118 e. The van der Waals surface area contributed by atoms with Crippen LogP contribution in [0.4, 0.5) is 5.69 Å². The molecule has 2 nitrogen and oxygen atoms in total. The lowest BCUT2D eigenvalue weighted by atomic mass is 10.1. The minimum absolute atomic E-state index is 0.606. The topological polar surface area (TPSA) is 12.5 Å². The van der Waals surface area contributed by atoms with E-state index in [0.29, 0.717) is 6.73 Å². The summed E-state index contributed by atoms with van der Waals surface area (Å²) in [4.78, 5) is 3.97. The number of thiol groups is 2. The average molecular weight is 400 g/mol. The molecule has 0 saturated heterocycles. The minimum Gasteiger partial charge on any atom is -0.361 e. The standard InChI is InChI=1S/C23H29NOS2/c1-3-5-6-10-17-25-18-24(4-2)21-15-13-20(14-16-21)23(27)22(26)19-11-8-7-9-12-19/h3,7-9,11-16,26-27H,1,4-6,10,17-18H2,2H3. The molecule has 0 aliphatic carbocycles. The van der Waals surface area contributed by atoms with E-state index in [1.807, 2.05) is 36.4 Å². The van der Waals surface area contributed by atoms with Crippen LogP contribution in [0.1, 0.15) is 37.3 Å². The SMILES string of the molecule is C=CCCCCOCN(CC)c1ccc(C(S)=C(S)c2ccccc2)cc1. The van der Waals surface area contributed by atoms with Crippen LogP contribution in [0, 0.1) is 0 Å². The van der Waals surface area contributed by atoms with Crippen LogP contribution in [0.25, 0.3) is 9.81 Å². The maximum absolute atomic E-state index is 5.82. The van der Waals surface area contributed by atoms with E-state index in [2.05, 4.69) is 67.9 Å². The van der Waals surface area contributed by atoms with Crippen LogP contribution < -0.4 is 4.90 Å². The highest BCUT2D eigenvalue weighted by atomic mass is 32.1. The lowest BCUT2D eigenvalue weighted by molar-refractivity contribution is 0.131. The summed E-state index contributed by atoms with van der Waals surface area (Å²) in [5.41, 5.74) is 3.26. The molecule has 144 valence electrons. The van der Waals surface area contributed by atoms with E-state index in [4.69, 9.17) is 4.74 Å². The zero-order chi connectivity index (χ0) is 19.5. The summed E-state index contributed by atoms with van der Waals surface area (Å²) in [6, 6.07) is 18.5. The normalized spacial score (nSPS) is 11.8. The first-order valence-corrected chi connectivity index (χ1v) is 10.3. The summed E-state index contributed by atoms with van der Waals surface area (Å²) >= 11 is 9.35. The third-order valence-electron chi connectivity index (χ3n) is 4.35. The molecule has 0 N–H and O–H groups in total. The van der Waals surface area contributed by atoms with Crippen LogP contribution in [-0.4, -0.2) is 19.9 Å². The van der Waals surface area contributed by atoms with Gasteiger partial charge >= 0.3 is 0 Å². The summed E-state index contributed by atoms with van der Waals surface area (Å²) in [5.74, 6) is 0. The van der Waals surface area contributed by atoms with Crippen LogP contribution in [0.5, 0.6) is 0 Å². The van der Waals surface area contributed by atoms with Crippen LogP contribution in [0.15, 0.2) is 67.3 Å². The molecular weight excluding hydrogens is 370 g/mol. The number of nitrogens with zero attached hydrogens (tertiary/aromatic N) is 1. The molecule has 0 spiro atoms. The number of hydrogen-bond donors (Lipinski definition) is 2. The van der Waals surface area contributed by atoms with E-state index < -0.39 is 0 Å². The molecule has 0 aliphatic rings. The Kier molecular flexibility index (Phi) is 9.60. The van der Waals surface area contributed by atoms with Gasteiger partial charge in [-0.15, -0.1) is 31.8 Å². The van der Waals surface area contributed by atoms with Gasteiger partial charge in [0.05, 0.1) is 0 Å². The predicted molar refractivity (Wildman–Crippen MR) is 126 cm³/mol. The number of hydrogen-bond acceptors (Lipinski definition) is 4. The summed E-state index contributed by atoms with van der Waals surface area (Å²) in [6.07, 6.45) is 5.21. The summed E-state index contributed by atoms with van der Waals surface area (Å²) in [5, 5.41) is 0. The minimum atomic E-state index is 0.606. The monoisotopic (exact) mass is 399 g/mol. The van der Waals surface area contributed by atoms with Crippen LogP contribution in [0.3, 0.4) is 0 Å². The van der Waals surface area contributed by atoms with E-state index in [1.54, 1.807) is 0 Å². The van der Waals surface area contributed by atoms with E-state index in [9.17, 15) is 0 Å². The Morgan fingerprint density at radius 3 is 2.19 bits per heavy atom. The van der Waals surface area contributed by atoms with Gasteiger partial charge in [0.15, 0.2) is 0 Å². The molecule has 27 heavy (non-hydrogen) atoms. The highest BCUT2D eigenvalue weighted by Crippen LogP contribution is 2.32. The van der Waals surface area contributed by atoms with Gasteiger partial charge in [0, 0.05) is 28.6 Å². The van der Waals surface area contributed by atoms with Gasteiger partial charge in [-0.3, -0.25) is 0 Å². The summed E-state index contributed by atoms with van der Waals surface area (Å²) in [6.45, 7) is 8.17. The molecule has 2 aromatic rings. The van der Waals surface area contributed by atoms with Crippen molar-refractivity contribution in [2.24, 2.45) is 0 Å². The van der Waals surface area contributed by atoms with Crippen molar-refractivity contribution in [1.82, 2.24) is 0 Å². The average Bonchev–Trinajstić information content (AvgIpc) is 2.73. The molecule has 0 aromatic heterocycles. The van der Waals surface area contributed by atoms with Gasteiger partial charge in [-0.25, -0.2) is 0 Å². The quantitative estimate of drug-likeness (QED) is 0.147. The molecule has 0 radical (unpaired) electrons. The molecule has 0 unspecified atom stereocenters. The van der Waals surface area contributed by atoms with Gasteiger partial charge < -0.3 is 9.64 Å². The lowest BCUT2D eigenvalue weighted by Gasteiger charge is -2.23. The molecule has 0 atom stereocenters. The highest BCUT2D eigenvalue weighted by molar-refractivity contribution is 7.96. The zero-order valence-electron chi connectivity index (χ0n) is 16.0. The van der Waals surface area contributed by atoms with Crippen molar-refractivity contribution in [1.29, 1.82) is 0 Å². The van der Waals surface area contributed by atoms with Crippen LogP contribution in [0.2, 0.25) is 0 Å². The largest absolute Gasteiger partial charge is 0.361 e. The van der Waals surface area contributed by atoms with Crippen molar-refractivity contribution in [2.75, 3.05) is 24.8 Å². The Labute approximate surface area is 174 Å². The Morgan fingerprint density at radius 1 is 0.963 bits per heavy atom. The maximum atomic E-state index is 5.82. The third kappa shape index (κ3) is 6.80. The molecule has 2 aromatic carbocycles. The summed E-state index contributed by atoms with van der Waals surface area (Å²) < 4.78 is 5.82.